The largest absolute Gasteiger partial charge is 0.388 e. The summed E-state index contributed by atoms with van der Waals surface area (Å²) in [6.45, 7) is 6.38. The predicted octanol–water partition coefficient (Wildman–Crippen LogP) is 3.63. The third-order valence-corrected chi connectivity index (χ3v) is 4.42. The predicted molar refractivity (Wildman–Crippen MR) is 84.1 cm³/mol. The molecule has 1 aliphatic heterocycles. The number of benzene rings is 1. The number of likely N-dealkylation sites (tertiary alicyclic amines) is 1. The molecule has 1 heterocycles. The van der Waals surface area contributed by atoms with Gasteiger partial charge in [0.15, 0.2) is 0 Å². The fraction of sp³-hybridized carbons (Fsp3) is 0.588. The number of hydrogen-bond acceptors (Lipinski definition) is 2. The van der Waals surface area contributed by atoms with Crippen LogP contribution in [0.25, 0.3) is 0 Å². The first-order valence-electron chi connectivity index (χ1n) is 7.69. The molecule has 0 saturated carbocycles. The van der Waals surface area contributed by atoms with E-state index in [-0.39, 0.29) is 5.91 Å². The van der Waals surface area contributed by atoms with Gasteiger partial charge in [0.05, 0.1) is 0 Å². The number of nitrogens with zero attached hydrogens (tertiary/aromatic N) is 1. The number of anilines is 1. The standard InChI is InChI=1S/C17H26N2O/c1-13(2)14-5-4-11-19(12-10-14)17(20)15-6-8-16(18-3)9-7-15/h6-9,13-14,18H,4-5,10-12H2,1-3H3. The highest BCUT2D eigenvalue weighted by molar-refractivity contribution is 5.94. The van der Waals surface area contributed by atoms with Crippen LogP contribution in [0.2, 0.25) is 0 Å². The van der Waals surface area contributed by atoms with Gasteiger partial charge in [-0.3, -0.25) is 4.79 Å². The number of carbonyl (C=O) groups excluding carboxylic acids is 1. The molecular formula is C17H26N2O. The molecule has 1 N–H and O–H groups in total. The van der Waals surface area contributed by atoms with Crippen molar-refractivity contribution in [2.75, 3.05) is 25.5 Å². The molecule has 3 heteroatoms. The number of nitrogens with one attached hydrogen (secondary N) is 1. The Bertz CT molecular complexity index is 439. The molecule has 0 radical (unpaired) electrons. The summed E-state index contributed by atoms with van der Waals surface area (Å²) >= 11 is 0. The Labute approximate surface area is 122 Å². The van der Waals surface area contributed by atoms with Gasteiger partial charge in [-0.25, -0.2) is 0 Å². The zero-order valence-electron chi connectivity index (χ0n) is 12.9. The Hall–Kier alpha value is -1.51. The van der Waals surface area contributed by atoms with Gasteiger partial charge in [-0.1, -0.05) is 13.8 Å². The molecule has 1 amide bonds. The minimum absolute atomic E-state index is 0.178. The number of amides is 1. The van der Waals surface area contributed by atoms with Gasteiger partial charge in [-0.15, -0.1) is 0 Å². The van der Waals surface area contributed by atoms with Gasteiger partial charge < -0.3 is 10.2 Å². The molecule has 0 spiro atoms. The molecule has 0 aromatic heterocycles. The van der Waals surface area contributed by atoms with Crippen molar-refractivity contribution in [3.05, 3.63) is 29.8 Å². The third kappa shape index (κ3) is 3.53. The average molecular weight is 274 g/mol. The van der Waals surface area contributed by atoms with Crippen molar-refractivity contribution in [3.63, 3.8) is 0 Å². The normalized spacial score (nSPS) is 19.8. The van der Waals surface area contributed by atoms with Gasteiger partial charge in [0.1, 0.15) is 0 Å². The van der Waals surface area contributed by atoms with Crippen LogP contribution in [0, 0.1) is 11.8 Å². The molecule has 0 bridgehead atoms. The molecule has 1 saturated heterocycles. The van der Waals surface area contributed by atoms with Crippen molar-refractivity contribution in [1.82, 2.24) is 4.90 Å². The lowest BCUT2D eigenvalue weighted by atomic mass is 9.89. The van der Waals surface area contributed by atoms with E-state index in [9.17, 15) is 4.79 Å². The summed E-state index contributed by atoms with van der Waals surface area (Å²) < 4.78 is 0. The zero-order valence-corrected chi connectivity index (χ0v) is 12.9. The first kappa shape index (κ1) is 14.9. The Balaban J connectivity index is 2.01. The van der Waals surface area contributed by atoms with Crippen LogP contribution in [-0.4, -0.2) is 30.9 Å². The van der Waals surface area contributed by atoms with Crippen molar-refractivity contribution in [3.8, 4) is 0 Å². The smallest absolute Gasteiger partial charge is 0.253 e. The number of hydrogen-bond donors (Lipinski definition) is 1. The van der Waals surface area contributed by atoms with Crippen molar-refractivity contribution < 1.29 is 4.79 Å². The van der Waals surface area contributed by atoms with Crippen LogP contribution >= 0.6 is 0 Å². The van der Waals surface area contributed by atoms with Crippen LogP contribution in [0.1, 0.15) is 43.5 Å². The minimum atomic E-state index is 0.178. The van der Waals surface area contributed by atoms with Crippen LogP contribution in [0.3, 0.4) is 0 Å². The second-order valence-electron chi connectivity index (χ2n) is 6.05. The van der Waals surface area contributed by atoms with Crippen molar-refractivity contribution >= 4 is 11.6 Å². The van der Waals surface area contributed by atoms with E-state index in [2.05, 4.69) is 19.2 Å². The first-order valence-corrected chi connectivity index (χ1v) is 7.69. The van der Waals surface area contributed by atoms with Gasteiger partial charge in [-0.05, 0) is 55.4 Å². The minimum Gasteiger partial charge on any atom is -0.388 e. The number of rotatable bonds is 3. The molecular weight excluding hydrogens is 248 g/mol. The van der Waals surface area contributed by atoms with Crippen molar-refractivity contribution in [2.24, 2.45) is 11.8 Å². The van der Waals surface area contributed by atoms with Gasteiger partial charge in [-0.2, -0.15) is 0 Å². The Morgan fingerprint density at radius 2 is 1.90 bits per heavy atom. The molecule has 3 nitrogen and oxygen atoms in total. The molecule has 0 aliphatic carbocycles. The van der Waals surface area contributed by atoms with Crippen LogP contribution in [0.15, 0.2) is 24.3 Å². The Kier molecular flexibility index (Phi) is 5.05. The van der Waals surface area contributed by atoms with E-state index < -0.39 is 0 Å². The van der Waals surface area contributed by atoms with Crippen LogP contribution < -0.4 is 5.32 Å². The monoisotopic (exact) mass is 274 g/mol. The second kappa shape index (κ2) is 6.78. The van der Waals surface area contributed by atoms with Gasteiger partial charge >= 0.3 is 0 Å². The molecule has 2 rings (SSSR count). The first-order chi connectivity index (χ1) is 9.61. The Morgan fingerprint density at radius 1 is 1.20 bits per heavy atom. The van der Waals surface area contributed by atoms with Crippen molar-refractivity contribution in [1.29, 1.82) is 0 Å². The summed E-state index contributed by atoms with van der Waals surface area (Å²) in [7, 11) is 1.89. The van der Waals surface area contributed by atoms with E-state index in [0.29, 0.717) is 0 Å². The molecule has 1 fully saturated rings. The van der Waals surface area contributed by atoms with E-state index in [4.69, 9.17) is 0 Å². The SMILES string of the molecule is CNc1ccc(C(=O)N2CCCC(C(C)C)CC2)cc1. The lowest BCUT2D eigenvalue weighted by Gasteiger charge is -2.21. The van der Waals surface area contributed by atoms with Crippen LogP contribution in [-0.2, 0) is 0 Å². The van der Waals surface area contributed by atoms with E-state index >= 15 is 0 Å². The molecule has 1 aromatic carbocycles. The molecule has 110 valence electrons. The molecule has 1 unspecified atom stereocenters. The molecule has 20 heavy (non-hydrogen) atoms. The molecule has 1 aromatic rings. The van der Waals surface area contributed by atoms with Crippen molar-refractivity contribution in [2.45, 2.75) is 33.1 Å². The fourth-order valence-electron chi connectivity index (χ4n) is 2.95. The van der Waals surface area contributed by atoms with Gasteiger partial charge in [0.2, 0.25) is 0 Å². The van der Waals surface area contributed by atoms with E-state index in [1.807, 2.05) is 36.2 Å². The maximum Gasteiger partial charge on any atom is 0.253 e. The summed E-state index contributed by atoms with van der Waals surface area (Å²) in [5, 5.41) is 3.08. The summed E-state index contributed by atoms with van der Waals surface area (Å²) in [4.78, 5) is 14.6. The molecule has 1 atom stereocenters. The highest BCUT2D eigenvalue weighted by Crippen LogP contribution is 2.25. The fourth-order valence-corrected chi connectivity index (χ4v) is 2.95. The van der Waals surface area contributed by atoms with Gasteiger partial charge in [0, 0.05) is 31.4 Å². The second-order valence-corrected chi connectivity index (χ2v) is 6.05. The highest BCUT2D eigenvalue weighted by Gasteiger charge is 2.22. The lowest BCUT2D eigenvalue weighted by Crippen LogP contribution is -2.32. The summed E-state index contributed by atoms with van der Waals surface area (Å²) in [5.74, 6) is 1.66. The van der Waals surface area contributed by atoms with E-state index in [1.165, 1.54) is 6.42 Å². The summed E-state index contributed by atoms with van der Waals surface area (Å²) in [5.41, 5.74) is 1.84. The van der Waals surface area contributed by atoms with E-state index in [0.717, 1.165) is 49.0 Å². The summed E-state index contributed by atoms with van der Waals surface area (Å²) in [6.07, 6.45) is 3.52. The summed E-state index contributed by atoms with van der Waals surface area (Å²) in [6, 6.07) is 7.75. The third-order valence-electron chi connectivity index (χ3n) is 4.42. The maximum absolute atomic E-state index is 12.5. The zero-order chi connectivity index (χ0) is 14.5. The van der Waals surface area contributed by atoms with Crippen LogP contribution in [0.4, 0.5) is 5.69 Å². The maximum atomic E-state index is 12.5. The highest BCUT2D eigenvalue weighted by atomic mass is 16.2. The quantitative estimate of drug-likeness (QED) is 0.913. The lowest BCUT2D eigenvalue weighted by molar-refractivity contribution is 0.0759. The Morgan fingerprint density at radius 3 is 2.50 bits per heavy atom. The average Bonchev–Trinajstić information content (AvgIpc) is 2.72. The topological polar surface area (TPSA) is 32.3 Å². The van der Waals surface area contributed by atoms with Crippen LogP contribution in [0.5, 0.6) is 0 Å². The molecule has 1 aliphatic rings. The number of carbonyl (C=O) groups is 1. The van der Waals surface area contributed by atoms with Gasteiger partial charge in [0.25, 0.3) is 5.91 Å². The van der Waals surface area contributed by atoms with E-state index in [1.54, 1.807) is 0 Å².